The van der Waals surface area contributed by atoms with Crippen LogP contribution in [0, 0.1) is 18.3 Å². The Morgan fingerprint density at radius 1 is 1.19 bits per heavy atom. The van der Waals surface area contributed by atoms with Crippen LogP contribution < -0.4 is 16.4 Å². The minimum Gasteiger partial charge on any atom is -0.396 e. The fourth-order valence-corrected chi connectivity index (χ4v) is 3.51. The summed E-state index contributed by atoms with van der Waals surface area (Å²) in [5.74, 6) is -0.386. The van der Waals surface area contributed by atoms with E-state index in [0.29, 0.717) is 15.7 Å². The minimum atomic E-state index is -0.386. The molecule has 0 radical (unpaired) electrons. The molecular formula is C19H15ClN4OS. The Morgan fingerprint density at radius 3 is 2.58 bits per heavy atom. The minimum absolute atomic E-state index is 0.159. The number of carbonyl (C=O) groups excluding carboxylic acids is 1. The van der Waals surface area contributed by atoms with Crippen molar-refractivity contribution in [3.05, 3.63) is 69.6 Å². The van der Waals surface area contributed by atoms with Crippen molar-refractivity contribution in [1.29, 1.82) is 5.26 Å². The maximum Gasteiger partial charge on any atom is 0.267 e. The first-order valence-electron chi connectivity index (χ1n) is 7.71. The summed E-state index contributed by atoms with van der Waals surface area (Å²) in [6.07, 6.45) is 0. The van der Waals surface area contributed by atoms with Crippen molar-refractivity contribution in [3.8, 4) is 6.07 Å². The molecule has 7 heteroatoms. The molecule has 2 aromatic carbocycles. The van der Waals surface area contributed by atoms with Crippen LogP contribution in [0.15, 0.2) is 48.5 Å². The standard InChI is InChI=1S/C19H15ClN4OS/c1-11-5-7-13(8-6-11)24-19-15(10-21)16(22)17(26-19)18(25)23-14-4-2-3-12(20)9-14/h2-9,24H,22H2,1H3,(H,23,25). The van der Waals surface area contributed by atoms with Crippen LogP contribution in [-0.2, 0) is 0 Å². The summed E-state index contributed by atoms with van der Waals surface area (Å²) in [4.78, 5) is 12.8. The fraction of sp³-hybridized carbons (Fsp3) is 0.0526. The molecule has 0 aliphatic heterocycles. The highest BCUT2D eigenvalue weighted by Crippen LogP contribution is 2.37. The van der Waals surface area contributed by atoms with E-state index in [4.69, 9.17) is 17.3 Å². The summed E-state index contributed by atoms with van der Waals surface area (Å²) in [6, 6.07) is 16.6. The molecule has 3 rings (SSSR count). The number of aryl methyl sites for hydroxylation is 1. The largest absolute Gasteiger partial charge is 0.396 e. The molecule has 0 saturated heterocycles. The number of hydrogen-bond acceptors (Lipinski definition) is 5. The van der Waals surface area contributed by atoms with E-state index in [1.807, 2.05) is 31.2 Å². The van der Waals surface area contributed by atoms with Crippen LogP contribution in [0.2, 0.25) is 5.02 Å². The van der Waals surface area contributed by atoms with Crippen LogP contribution in [-0.4, -0.2) is 5.91 Å². The molecule has 1 aromatic heterocycles. The fourth-order valence-electron chi connectivity index (χ4n) is 2.33. The van der Waals surface area contributed by atoms with E-state index < -0.39 is 0 Å². The lowest BCUT2D eigenvalue weighted by atomic mass is 10.2. The molecule has 26 heavy (non-hydrogen) atoms. The van der Waals surface area contributed by atoms with Gasteiger partial charge in [-0.05, 0) is 37.3 Å². The highest BCUT2D eigenvalue weighted by atomic mass is 35.5. The number of nitrogen functional groups attached to an aromatic ring is 1. The summed E-state index contributed by atoms with van der Waals surface area (Å²) >= 11 is 7.07. The number of halogens is 1. The van der Waals surface area contributed by atoms with Gasteiger partial charge >= 0.3 is 0 Å². The van der Waals surface area contributed by atoms with E-state index in [0.717, 1.165) is 22.6 Å². The molecule has 0 bridgehead atoms. The lowest BCUT2D eigenvalue weighted by Gasteiger charge is -2.05. The first-order valence-corrected chi connectivity index (χ1v) is 8.90. The van der Waals surface area contributed by atoms with Gasteiger partial charge in [0.2, 0.25) is 0 Å². The zero-order valence-electron chi connectivity index (χ0n) is 13.8. The van der Waals surface area contributed by atoms with Gasteiger partial charge in [-0.25, -0.2) is 0 Å². The van der Waals surface area contributed by atoms with Crippen molar-refractivity contribution in [1.82, 2.24) is 0 Å². The van der Waals surface area contributed by atoms with E-state index >= 15 is 0 Å². The lowest BCUT2D eigenvalue weighted by molar-refractivity contribution is 0.103. The number of nitrogens with zero attached hydrogens (tertiary/aromatic N) is 1. The summed E-state index contributed by atoms with van der Waals surface area (Å²) in [5.41, 5.74) is 8.95. The van der Waals surface area contributed by atoms with Gasteiger partial charge in [-0.3, -0.25) is 4.79 Å². The van der Waals surface area contributed by atoms with Crippen LogP contribution >= 0.6 is 22.9 Å². The van der Waals surface area contributed by atoms with Gasteiger partial charge in [0.15, 0.2) is 0 Å². The van der Waals surface area contributed by atoms with E-state index in [1.165, 1.54) is 0 Å². The Bertz CT molecular complexity index is 1010. The number of nitrogens with two attached hydrogens (primary N) is 1. The Kier molecular flexibility index (Phi) is 5.12. The molecule has 1 amide bonds. The molecule has 0 aliphatic rings. The molecule has 3 aromatic rings. The van der Waals surface area contributed by atoms with Crippen LogP contribution in [0.5, 0.6) is 0 Å². The maximum absolute atomic E-state index is 12.6. The van der Waals surface area contributed by atoms with Crippen molar-refractivity contribution in [3.63, 3.8) is 0 Å². The van der Waals surface area contributed by atoms with Gasteiger partial charge in [0.05, 0.1) is 5.69 Å². The molecule has 0 saturated carbocycles. The van der Waals surface area contributed by atoms with Crippen molar-refractivity contribution >= 4 is 50.9 Å². The molecule has 130 valence electrons. The third kappa shape index (κ3) is 3.80. The third-order valence-electron chi connectivity index (χ3n) is 3.66. The Labute approximate surface area is 160 Å². The molecule has 0 unspecified atom stereocenters. The Hall–Kier alpha value is -3.01. The summed E-state index contributed by atoms with van der Waals surface area (Å²) in [7, 11) is 0. The molecule has 5 nitrogen and oxygen atoms in total. The number of benzene rings is 2. The molecular weight excluding hydrogens is 368 g/mol. The summed E-state index contributed by atoms with van der Waals surface area (Å²) < 4.78 is 0. The molecule has 1 heterocycles. The van der Waals surface area contributed by atoms with E-state index in [-0.39, 0.29) is 22.0 Å². The molecule has 0 atom stereocenters. The average Bonchev–Trinajstić information content (AvgIpc) is 2.92. The average molecular weight is 383 g/mol. The smallest absolute Gasteiger partial charge is 0.267 e. The van der Waals surface area contributed by atoms with Crippen LogP contribution in [0.25, 0.3) is 0 Å². The highest BCUT2D eigenvalue weighted by molar-refractivity contribution is 7.19. The number of nitriles is 1. The van der Waals surface area contributed by atoms with E-state index in [1.54, 1.807) is 24.3 Å². The van der Waals surface area contributed by atoms with Crippen molar-refractivity contribution < 1.29 is 4.79 Å². The van der Waals surface area contributed by atoms with Crippen molar-refractivity contribution in [2.75, 3.05) is 16.4 Å². The van der Waals surface area contributed by atoms with E-state index in [9.17, 15) is 10.1 Å². The van der Waals surface area contributed by atoms with Gasteiger partial charge < -0.3 is 16.4 Å². The lowest BCUT2D eigenvalue weighted by Crippen LogP contribution is -2.12. The van der Waals surface area contributed by atoms with Gasteiger partial charge in [0.25, 0.3) is 5.91 Å². The molecule has 4 N–H and O–H groups in total. The number of nitrogens with one attached hydrogen (secondary N) is 2. The number of hydrogen-bond donors (Lipinski definition) is 3. The maximum atomic E-state index is 12.6. The van der Waals surface area contributed by atoms with Gasteiger partial charge in [-0.1, -0.05) is 35.4 Å². The second-order valence-corrected chi connectivity index (χ2v) is 7.07. The predicted octanol–water partition coefficient (Wildman–Crippen LogP) is 5.16. The quantitative estimate of drug-likeness (QED) is 0.581. The second-order valence-electron chi connectivity index (χ2n) is 5.62. The number of thiophene rings is 1. The highest BCUT2D eigenvalue weighted by Gasteiger charge is 2.21. The van der Waals surface area contributed by atoms with Gasteiger partial charge in [0.1, 0.15) is 21.5 Å². The summed E-state index contributed by atoms with van der Waals surface area (Å²) in [6.45, 7) is 1.99. The molecule has 0 fully saturated rings. The zero-order chi connectivity index (χ0) is 18.7. The summed E-state index contributed by atoms with van der Waals surface area (Å²) in [5, 5.41) is 16.4. The number of anilines is 4. The van der Waals surface area contributed by atoms with Crippen molar-refractivity contribution in [2.45, 2.75) is 6.92 Å². The number of amides is 1. The SMILES string of the molecule is Cc1ccc(Nc2sc(C(=O)Nc3cccc(Cl)c3)c(N)c2C#N)cc1. The zero-order valence-corrected chi connectivity index (χ0v) is 15.4. The third-order valence-corrected chi connectivity index (χ3v) is 5.01. The van der Waals surface area contributed by atoms with Crippen LogP contribution in [0.4, 0.5) is 22.1 Å². The van der Waals surface area contributed by atoms with Gasteiger partial charge in [0, 0.05) is 16.4 Å². The predicted molar refractivity (Wildman–Crippen MR) is 107 cm³/mol. The topological polar surface area (TPSA) is 90.9 Å². The molecule has 0 aliphatic carbocycles. The number of rotatable bonds is 4. The first-order chi connectivity index (χ1) is 12.5. The normalized spacial score (nSPS) is 10.2. The van der Waals surface area contributed by atoms with E-state index in [2.05, 4.69) is 16.7 Å². The Balaban J connectivity index is 1.88. The molecule has 0 spiro atoms. The number of carbonyl (C=O) groups is 1. The van der Waals surface area contributed by atoms with Crippen LogP contribution in [0.1, 0.15) is 20.8 Å². The second kappa shape index (κ2) is 7.48. The van der Waals surface area contributed by atoms with Crippen LogP contribution in [0.3, 0.4) is 0 Å². The first kappa shape index (κ1) is 17.8. The Morgan fingerprint density at radius 2 is 1.92 bits per heavy atom. The van der Waals surface area contributed by atoms with Gasteiger partial charge in [-0.15, -0.1) is 11.3 Å². The monoisotopic (exact) mass is 382 g/mol. The van der Waals surface area contributed by atoms with Crippen molar-refractivity contribution in [2.24, 2.45) is 0 Å². The van der Waals surface area contributed by atoms with Gasteiger partial charge in [-0.2, -0.15) is 5.26 Å².